The molecule has 95 valence electrons. The number of amides is 1. The Morgan fingerprint density at radius 1 is 1.00 bits per heavy atom. The molecule has 0 aliphatic carbocycles. The van der Waals surface area contributed by atoms with Crippen LogP contribution in [0.25, 0.3) is 0 Å². The van der Waals surface area contributed by atoms with E-state index in [1.54, 1.807) is 12.1 Å². The minimum atomic E-state index is -0.796. The SMILES string of the molecule is N[C@@H]1C(=O)[N]c2ccccc2O[C@@H]1c1ccccc1. The summed E-state index contributed by atoms with van der Waals surface area (Å²) < 4.78 is 5.89. The van der Waals surface area contributed by atoms with E-state index in [2.05, 4.69) is 5.32 Å². The number of carbonyl (C=O) groups excluding carboxylic acids is 1. The highest BCUT2D eigenvalue weighted by Crippen LogP contribution is 2.33. The van der Waals surface area contributed by atoms with Gasteiger partial charge in [0, 0.05) is 0 Å². The maximum Gasteiger partial charge on any atom is 0.267 e. The summed E-state index contributed by atoms with van der Waals surface area (Å²) in [6.07, 6.45) is -0.513. The summed E-state index contributed by atoms with van der Waals surface area (Å²) >= 11 is 0. The van der Waals surface area contributed by atoms with Crippen LogP contribution in [0.2, 0.25) is 0 Å². The number of hydrogen-bond donors (Lipinski definition) is 1. The molecule has 0 fully saturated rings. The van der Waals surface area contributed by atoms with E-state index in [4.69, 9.17) is 10.5 Å². The molecule has 2 aromatic rings. The lowest BCUT2D eigenvalue weighted by Crippen LogP contribution is -2.40. The third-order valence-electron chi connectivity index (χ3n) is 3.09. The minimum absolute atomic E-state index is 0.362. The van der Waals surface area contributed by atoms with Gasteiger partial charge >= 0.3 is 0 Å². The fourth-order valence-corrected chi connectivity index (χ4v) is 2.10. The number of rotatable bonds is 1. The number of carbonyl (C=O) groups is 1. The van der Waals surface area contributed by atoms with E-state index in [0.29, 0.717) is 11.4 Å². The van der Waals surface area contributed by atoms with Crippen LogP contribution in [0.3, 0.4) is 0 Å². The standard InChI is InChI=1S/C15H13N2O2/c16-13-14(10-6-2-1-3-7-10)19-12-9-5-4-8-11(12)17-15(13)18/h1-9,13-14H,16H2/t13-,14+/m0/s1. The largest absolute Gasteiger partial charge is 0.481 e. The second kappa shape index (κ2) is 4.74. The molecule has 2 N–H and O–H groups in total. The number of nitrogens with two attached hydrogens (primary N) is 1. The molecule has 1 radical (unpaired) electrons. The van der Waals surface area contributed by atoms with Gasteiger partial charge in [0.25, 0.3) is 5.91 Å². The van der Waals surface area contributed by atoms with Crippen molar-refractivity contribution >= 4 is 11.6 Å². The number of hydrogen-bond acceptors (Lipinski definition) is 3. The summed E-state index contributed by atoms with van der Waals surface area (Å²) in [4.78, 5) is 12.0. The maximum absolute atomic E-state index is 12.0. The number of para-hydroxylation sites is 2. The van der Waals surface area contributed by atoms with E-state index >= 15 is 0 Å². The Hall–Kier alpha value is -2.33. The molecule has 1 amide bonds. The van der Waals surface area contributed by atoms with Crippen LogP contribution >= 0.6 is 0 Å². The van der Waals surface area contributed by atoms with Crippen LogP contribution in [-0.4, -0.2) is 11.9 Å². The Morgan fingerprint density at radius 2 is 1.68 bits per heavy atom. The zero-order chi connectivity index (χ0) is 13.2. The molecule has 4 heteroatoms. The van der Waals surface area contributed by atoms with Crippen molar-refractivity contribution < 1.29 is 9.53 Å². The van der Waals surface area contributed by atoms with Gasteiger partial charge in [-0.15, -0.1) is 0 Å². The topological polar surface area (TPSA) is 66.4 Å². The van der Waals surface area contributed by atoms with Crippen molar-refractivity contribution in [2.75, 3.05) is 0 Å². The number of fused-ring (bicyclic) bond motifs is 1. The van der Waals surface area contributed by atoms with Crippen molar-refractivity contribution in [2.45, 2.75) is 12.1 Å². The molecular weight excluding hydrogens is 240 g/mol. The fourth-order valence-electron chi connectivity index (χ4n) is 2.10. The van der Waals surface area contributed by atoms with Gasteiger partial charge in [0.2, 0.25) is 0 Å². The first-order valence-corrected chi connectivity index (χ1v) is 6.07. The molecule has 3 rings (SSSR count). The zero-order valence-electron chi connectivity index (χ0n) is 10.2. The van der Waals surface area contributed by atoms with Crippen molar-refractivity contribution in [3.63, 3.8) is 0 Å². The monoisotopic (exact) mass is 253 g/mol. The molecule has 0 saturated carbocycles. The van der Waals surface area contributed by atoms with Crippen LogP contribution < -0.4 is 15.8 Å². The molecule has 1 aliphatic heterocycles. The predicted molar refractivity (Wildman–Crippen MR) is 71.0 cm³/mol. The molecule has 19 heavy (non-hydrogen) atoms. The van der Waals surface area contributed by atoms with E-state index in [1.165, 1.54) is 0 Å². The van der Waals surface area contributed by atoms with Gasteiger partial charge in [-0.25, -0.2) is 5.32 Å². The summed E-state index contributed by atoms with van der Waals surface area (Å²) in [7, 11) is 0. The van der Waals surface area contributed by atoms with Crippen molar-refractivity contribution in [1.82, 2.24) is 5.32 Å². The van der Waals surface area contributed by atoms with E-state index in [9.17, 15) is 4.79 Å². The van der Waals surface area contributed by atoms with Crippen LogP contribution in [0, 0.1) is 0 Å². The lowest BCUT2D eigenvalue weighted by atomic mass is 10.0. The molecule has 0 unspecified atom stereocenters. The van der Waals surface area contributed by atoms with Gasteiger partial charge in [0.1, 0.15) is 23.6 Å². The maximum atomic E-state index is 12.0. The Morgan fingerprint density at radius 3 is 2.47 bits per heavy atom. The third-order valence-corrected chi connectivity index (χ3v) is 3.09. The lowest BCUT2D eigenvalue weighted by molar-refractivity contribution is -0.123. The predicted octanol–water partition coefficient (Wildman–Crippen LogP) is 1.91. The number of ether oxygens (including phenoxy) is 1. The van der Waals surface area contributed by atoms with E-state index in [1.807, 2.05) is 42.5 Å². The summed E-state index contributed by atoms with van der Waals surface area (Å²) in [5.41, 5.74) is 7.37. The van der Waals surface area contributed by atoms with Crippen molar-refractivity contribution in [2.24, 2.45) is 5.73 Å². The average Bonchev–Trinajstić information content (AvgIpc) is 2.58. The first-order valence-electron chi connectivity index (χ1n) is 6.07. The lowest BCUT2D eigenvalue weighted by Gasteiger charge is -2.21. The fraction of sp³-hybridized carbons (Fsp3) is 0.133. The normalized spacial score (nSPS) is 21.8. The van der Waals surface area contributed by atoms with Gasteiger partial charge in [-0.2, -0.15) is 0 Å². The molecule has 0 bridgehead atoms. The van der Waals surface area contributed by atoms with Gasteiger partial charge in [0.15, 0.2) is 0 Å². The highest BCUT2D eigenvalue weighted by atomic mass is 16.5. The molecule has 0 aromatic heterocycles. The molecule has 0 saturated heterocycles. The first-order chi connectivity index (χ1) is 9.25. The van der Waals surface area contributed by atoms with Crippen molar-refractivity contribution in [3.05, 3.63) is 60.2 Å². The quantitative estimate of drug-likeness (QED) is 0.844. The summed E-state index contributed by atoms with van der Waals surface area (Å²) in [6.45, 7) is 0. The Bertz CT molecular complexity index is 598. The van der Waals surface area contributed by atoms with Crippen LogP contribution in [0.15, 0.2) is 54.6 Å². The van der Waals surface area contributed by atoms with Gasteiger partial charge in [0.05, 0.1) is 0 Å². The second-order valence-corrected chi connectivity index (χ2v) is 4.39. The Balaban J connectivity index is 2.03. The van der Waals surface area contributed by atoms with Gasteiger partial charge < -0.3 is 10.5 Å². The first kappa shape index (κ1) is 11.7. The average molecular weight is 253 g/mol. The molecule has 1 aliphatic rings. The number of nitrogens with zero attached hydrogens (tertiary/aromatic N) is 1. The second-order valence-electron chi connectivity index (χ2n) is 4.39. The molecular formula is C15H13N2O2. The minimum Gasteiger partial charge on any atom is -0.481 e. The smallest absolute Gasteiger partial charge is 0.267 e. The Kier molecular flexibility index (Phi) is 2.93. The number of benzene rings is 2. The van der Waals surface area contributed by atoms with E-state index < -0.39 is 12.1 Å². The van der Waals surface area contributed by atoms with Gasteiger partial charge in [-0.3, -0.25) is 4.79 Å². The zero-order valence-corrected chi connectivity index (χ0v) is 10.2. The van der Waals surface area contributed by atoms with Gasteiger partial charge in [-0.05, 0) is 17.7 Å². The highest BCUT2D eigenvalue weighted by Gasteiger charge is 2.33. The molecule has 0 spiro atoms. The highest BCUT2D eigenvalue weighted by molar-refractivity contribution is 5.88. The molecule has 2 atom stereocenters. The van der Waals surface area contributed by atoms with Gasteiger partial charge in [-0.1, -0.05) is 42.5 Å². The van der Waals surface area contributed by atoms with Crippen LogP contribution in [0.1, 0.15) is 11.7 Å². The van der Waals surface area contributed by atoms with Crippen LogP contribution in [-0.2, 0) is 4.79 Å². The van der Waals surface area contributed by atoms with E-state index in [0.717, 1.165) is 5.56 Å². The van der Waals surface area contributed by atoms with Crippen LogP contribution in [0.4, 0.5) is 5.69 Å². The Labute approximate surface area is 111 Å². The molecule has 1 heterocycles. The summed E-state index contributed by atoms with van der Waals surface area (Å²) in [5.74, 6) is 0.219. The van der Waals surface area contributed by atoms with E-state index in [-0.39, 0.29) is 5.91 Å². The molecule has 4 nitrogen and oxygen atoms in total. The summed E-state index contributed by atoms with van der Waals surface area (Å²) in [6, 6.07) is 15.9. The summed E-state index contributed by atoms with van der Waals surface area (Å²) in [5, 5.41) is 4.01. The van der Waals surface area contributed by atoms with Crippen molar-refractivity contribution in [3.8, 4) is 5.75 Å². The van der Waals surface area contributed by atoms with Crippen LogP contribution in [0.5, 0.6) is 5.75 Å². The van der Waals surface area contributed by atoms with Crippen molar-refractivity contribution in [1.29, 1.82) is 0 Å². The third kappa shape index (κ3) is 2.18. The molecule has 2 aromatic carbocycles.